The maximum Gasteiger partial charge on any atom is 0.0206 e. The zero-order valence-electron chi connectivity index (χ0n) is 12.0. The van der Waals surface area contributed by atoms with E-state index in [4.69, 9.17) is 0 Å². The van der Waals surface area contributed by atoms with Gasteiger partial charge in [-0.3, -0.25) is 4.90 Å². The van der Waals surface area contributed by atoms with Crippen LogP contribution in [0.3, 0.4) is 0 Å². The minimum absolute atomic E-state index is 0.496. The van der Waals surface area contributed by atoms with E-state index in [0.717, 1.165) is 0 Å². The molecule has 2 rings (SSSR count). The highest BCUT2D eigenvalue weighted by Gasteiger charge is 2.48. The van der Waals surface area contributed by atoms with Gasteiger partial charge in [-0.1, -0.05) is 26.7 Å². The lowest BCUT2D eigenvalue weighted by Gasteiger charge is -2.59. The van der Waals surface area contributed by atoms with Crippen LogP contribution in [0.5, 0.6) is 0 Å². The molecule has 2 fully saturated rings. The Morgan fingerprint density at radius 3 is 2.00 bits per heavy atom. The predicted octanol–water partition coefficient (Wildman–Crippen LogP) is 3.03. The van der Waals surface area contributed by atoms with E-state index in [1.54, 1.807) is 0 Å². The summed E-state index contributed by atoms with van der Waals surface area (Å²) in [6.07, 6.45) is 8.25. The summed E-state index contributed by atoms with van der Waals surface area (Å²) in [4.78, 5) is 2.78. The summed E-state index contributed by atoms with van der Waals surface area (Å²) in [5, 5.41) is 3.49. The van der Waals surface area contributed by atoms with Gasteiger partial charge in [-0.2, -0.15) is 0 Å². The second kappa shape index (κ2) is 5.27. The van der Waals surface area contributed by atoms with Crippen LogP contribution < -0.4 is 5.32 Å². The molecule has 100 valence electrons. The van der Waals surface area contributed by atoms with Crippen LogP contribution in [0.2, 0.25) is 0 Å². The van der Waals surface area contributed by atoms with Gasteiger partial charge < -0.3 is 5.32 Å². The van der Waals surface area contributed by atoms with Gasteiger partial charge in [0.25, 0.3) is 0 Å². The highest BCUT2D eigenvalue weighted by atomic mass is 15.3. The lowest BCUT2D eigenvalue weighted by Crippen LogP contribution is -2.66. The van der Waals surface area contributed by atoms with Crippen LogP contribution in [0.15, 0.2) is 0 Å². The fourth-order valence-electron chi connectivity index (χ4n) is 3.93. The van der Waals surface area contributed by atoms with Crippen LogP contribution in [-0.4, -0.2) is 36.6 Å². The summed E-state index contributed by atoms with van der Waals surface area (Å²) >= 11 is 0. The number of rotatable bonds is 5. The monoisotopic (exact) mass is 238 g/mol. The van der Waals surface area contributed by atoms with Gasteiger partial charge >= 0.3 is 0 Å². The van der Waals surface area contributed by atoms with Crippen LogP contribution in [0.25, 0.3) is 0 Å². The van der Waals surface area contributed by atoms with E-state index in [1.807, 2.05) is 0 Å². The van der Waals surface area contributed by atoms with Gasteiger partial charge in [0.2, 0.25) is 0 Å². The molecule has 0 aromatic carbocycles. The Hall–Kier alpha value is -0.0800. The van der Waals surface area contributed by atoms with E-state index in [1.165, 1.54) is 64.7 Å². The molecule has 0 spiro atoms. The van der Waals surface area contributed by atoms with E-state index in [2.05, 4.69) is 31.0 Å². The first-order valence-corrected chi connectivity index (χ1v) is 7.60. The van der Waals surface area contributed by atoms with Crippen molar-refractivity contribution in [3.63, 3.8) is 0 Å². The van der Waals surface area contributed by atoms with Gasteiger partial charge in [0.05, 0.1) is 0 Å². The summed E-state index contributed by atoms with van der Waals surface area (Å²) in [5.41, 5.74) is 1.17. The molecule has 2 aliphatic heterocycles. The second-order valence-electron chi connectivity index (χ2n) is 6.60. The van der Waals surface area contributed by atoms with Gasteiger partial charge in [0.1, 0.15) is 0 Å². The predicted molar refractivity (Wildman–Crippen MR) is 74.3 cm³/mol. The van der Waals surface area contributed by atoms with Gasteiger partial charge in [-0.15, -0.1) is 0 Å². The average molecular weight is 238 g/mol. The van der Waals surface area contributed by atoms with Crippen LogP contribution in [0.1, 0.15) is 59.3 Å². The first-order chi connectivity index (χ1) is 8.14. The van der Waals surface area contributed by atoms with Gasteiger partial charge in [-0.05, 0) is 51.1 Å². The second-order valence-corrected chi connectivity index (χ2v) is 6.60. The van der Waals surface area contributed by atoms with Crippen molar-refractivity contribution >= 4 is 0 Å². The molecular formula is C15H30N2. The van der Waals surface area contributed by atoms with E-state index < -0.39 is 0 Å². The van der Waals surface area contributed by atoms with Crippen molar-refractivity contribution in [3.8, 4) is 0 Å². The molecule has 0 amide bonds. The molecule has 0 aromatic heterocycles. The molecular weight excluding hydrogens is 208 g/mol. The number of hydrogen-bond donors (Lipinski definition) is 1. The lowest BCUT2D eigenvalue weighted by atomic mass is 9.69. The third-order valence-corrected chi connectivity index (χ3v) is 5.06. The van der Waals surface area contributed by atoms with Crippen LogP contribution in [-0.2, 0) is 0 Å². The topological polar surface area (TPSA) is 15.3 Å². The van der Waals surface area contributed by atoms with Crippen molar-refractivity contribution < 1.29 is 0 Å². The lowest BCUT2D eigenvalue weighted by molar-refractivity contribution is -0.0918. The van der Waals surface area contributed by atoms with Gasteiger partial charge in [0, 0.05) is 18.6 Å². The zero-order chi connectivity index (χ0) is 12.4. The number of piperidine rings is 1. The first-order valence-electron chi connectivity index (χ1n) is 7.60. The molecule has 0 bridgehead atoms. The fourth-order valence-corrected chi connectivity index (χ4v) is 3.93. The first kappa shape index (κ1) is 13.4. The summed E-state index contributed by atoms with van der Waals surface area (Å²) in [6.45, 7) is 12.3. The molecule has 0 aromatic rings. The molecule has 0 radical (unpaired) electrons. The Kier molecular flexibility index (Phi) is 4.14. The quantitative estimate of drug-likeness (QED) is 0.792. The van der Waals surface area contributed by atoms with E-state index in [-0.39, 0.29) is 0 Å². The molecule has 0 unspecified atom stereocenters. The highest BCUT2D eigenvalue weighted by molar-refractivity contribution is 5.03. The molecule has 0 aliphatic carbocycles. The summed E-state index contributed by atoms with van der Waals surface area (Å²) < 4.78 is 0. The Balaban J connectivity index is 1.90. The smallest absolute Gasteiger partial charge is 0.0206 e. The maximum atomic E-state index is 3.49. The SMILES string of the molecule is CCCC1(CCC)CN(C2(C)CCNCC2)C1. The molecule has 2 heteroatoms. The number of hydrogen-bond acceptors (Lipinski definition) is 2. The molecule has 2 saturated heterocycles. The van der Waals surface area contributed by atoms with Crippen molar-refractivity contribution in [2.24, 2.45) is 5.41 Å². The molecule has 0 saturated carbocycles. The minimum Gasteiger partial charge on any atom is -0.317 e. The Bertz CT molecular complexity index is 229. The zero-order valence-corrected chi connectivity index (χ0v) is 12.0. The summed E-state index contributed by atoms with van der Waals surface area (Å²) in [7, 11) is 0. The van der Waals surface area contributed by atoms with Crippen molar-refractivity contribution in [2.75, 3.05) is 26.2 Å². The largest absolute Gasteiger partial charge is 0.317 e. The molecule has 2 nitrogen and oxygen atoms in total. The van der Waals surface area contributed by atoms with E-state index >= 15 is 0 Å². The third kappa shape index (κ3) is 2.68. The van der Waals surface area contributed by atoms with Crippen LogP contribution in [0, 0.1) is 5.41 Å². The van der Waals surface area contributed by atoms with Crippen molar-refractivity contribution in [2.45, 2.75) is 64.8 Å². The standard InChI is InChI=1S/C15H30N2/c1-4-6-15(7-5-2)12-17(13-15)14(3)8-10-16-11-9-14/h16H,4-13H2,1-3H3. The van der Waals surface area contributed by atoms with Gasteiger partial charge in [0.15, 0.2) is 0 Å². The Morgan fingerprint density at radius 2 is 1.53 bits per heavy atom. The summed E-state index contributed by atoms with van der Waals surface area (Å²) in [5.74, 6) is 0. The van der Waals surface area contributed by atoms with E-state index in [9.17, 15) is 0 Å². The van der Waals surface area contributed by atoms with Crippen LogP contribution in [0.4, 0.5) is 0 Å². The van der Waals surface area contributed by atoms with Gasteiger partial charge in [-0.25, -0.2) is 0 Å². The molecule has 2 heterocycles. The maximum absolute atomic E-state index is 3.49. The van der Waals surface area contributed by atoms with Crippen LogP contribution >= 0.6 is 0 Å². The molecule has 17 heavy (non-hydrogen) atoms. The number of nitrogens with zero attached hydrogens (tertiary/aromatic N) is 1. The molecule has 1 N–H and O–H groups in total. The number of nitrogens with one attached hydrogen (secondary N) is 1. The van der Waals surface area contributed by atoms with Crippen molar-refractivity contribution in [1.82, 2.24) is 10.2 Å². The molecule has 2 aliphatic rings. The van der Waals surface area contributed by atoms with E-state index in [0.29, 0.717) is 11.0 Å². The Morgan fingerprint density at radius 1 is 1.00 bits per heavy atom. The Labute approximate surface area is 107 Å². The normalized spacial score (nSPS) is 27.7. The fraction of sp³-hybridized carbons (Fsp3) is 1.00. The number of likely N-dealkylation sites (tertiary alicyclic amines) is 1. The third-order valence-electron chi connectivity index (χ3n) is 5.06. The summed E-state index contributed by atoms with van der Waals surface area (Å²) in [6, 6.07) is 0. The van der Waals surface area contributed by atoms with Crippen molar-refractivity contribution in [3.05, 3.63) is 0 Å². The molecule has 0 atom stereocenters. The van der Waals surface area contributed by atoms with Crippen molar-refractivity contribution in [1.29, 1.82) is 0 Å². The minimum atomic E-state index is 0.496. The highest BCUT2D eigenvalue weighted by Crippen LogP contribution is 2.44. The average Bonchev–Trinajstić information content (AvgIpc) is 2.26.